The molecular formula is C23H18Cl7N5O2. The van der Waals surface area contributed by atoms with E-state index in [1.54, 1.807) is 64.2 Å². The highest BCUT2D eigenvalue weighted by atomic mass is 35.5. The molecule has 0 unspecified atom stereocenters. The second kappa shape index (κ2) is 15.4. The first kappa shape index (κ1) is 31.2. The standard InChI is InChI=1S/C12H9Cl3N2O.C9H7Cl2N3.C2H2Cl2O/c13-7-10(18)5-8-3-4-17(16-8)9-1-2-11(14)12(15)6-9;10-7-2-1-6(5-8(7)11)14-4-3-9(12)13-14;3-1-2(4)5/h1-4,6H,5,7H2;1-5H,(H2,12,13);1H2. The Hall–Kier alpha value is -1.97. The minimum absolute atomic E-state index is 0.000364. The number of rotatable bonds is 6. The van der Waals surface area contributed by atoms with Crippen LogP contribution < -0.4 is 5.73 Å². The molecule has 0 saturated carbocycles. The van der Waals surface area contributed by atoms with E-state index >= 15 is 0 Å². The smallest absolute Gasteiger partial charge is 0.236 e. The summed E-state index contributed by atoms with van der Waals surface area (Å²) in [7, 11) is 0. The van der Waals surface area contributed by atoms with Gasteiger partial charge in [0, 0.05) is 18.5 Å². The van der Waals surface area contributed by atoms with Gasteiger partial charge in [-0.05, 0) is 54.1 Å². The Labute approximate surface area is 247 Å². The molecule has 2 aromatic heterocycles. The van der Waals surface area contributed by atoms with Crippen LogP contribution in [0, 0.1) is 0 Å². The van der Waals surface area contributed by atoms with Crippen molar-refractivity contribution < 1.29 is 9.59 Å². The number of carbonyl (C=O) groups is 2. The van der Waals surface area contributed by atoms with E-state index in [1.165, 1.54) is 0 Å². The maximum absolute atomic E-state index is 11.2. The molecule has 0 aliphatic rings. The van der Waals surface area contributed by atoms with Crippen LogP contribution in [0.5, 0.6) is 0 Å². The molecule has 0 aliphatic carbocycles. The molecule has 4 aromatic rings. The van der Waals surface area contributed by atoms with Gasteiger partial charge >= 0.3 is 0 Å². The number of nitrogens with zero attached hydrogens (tertiary/aromatic N) is 4. The van der Waals surface area contributed by atoms with Crippen molar-refractivity contribution in [1.29, 1.82) is 0 Å². The molecule has 7 nitrogen and oxygen atoms in total. The number of benzene rings is 2. The number of hydrogen-bond donors (Lipinski definition) is 1. The Morgan fingerprint density at radius 3 is 1.62 bits per heavy atom. The van der Waals surface area contributed by atoms with Crippen LogP contribution in [0.4, 0.5) is 5.82 Å². The molecule has 0 fully saturated rings. The second-order valence-corrected chi connectivity index (χ2v) is 9.56. The highest BCUT2D eigenvalue weighted by Crippen LogP contribution is 2.25. The minimum Gasteiger partial charge on any atom is -0.382 e. The number of Topliss-reactive ketones (excluding diaryl/α,β-unsaturated/α-hetero) is 1. The molecule has 0 atom stereocenters. The number of ketones is 1. The molecule has 0 amide bonds. The molecule has 14 heteroatoms. The van der Waals surface area contributed by atoms with E-state index in [-0.39, 0.29) is 24.0 Å². The third-order valence-corrected chi connectivity index (χ3v) is 6.51. The first-order chi connectivity index (χ1) is 17.5. The maximum atomic E-state index is 11.2. The molecule has 2 N–H and O–H groups in total. The SMILES string of the molecule is Nc1ccn(-c2ccc(Cl)c(Cl)c2)n1.O=C(CCl)Cc1ccn(-c2ccc(Cl)c(Cl)c2)n1.O=C(Cl)CCl. The van der Waals surface area contributed by atoms with Crippen molar-refractivity contribution in [2.45, 2.75) is 6.42 Å². The van der Waals surface area contributed by atoms with Crippen LogP contribution in [0.25, 0.3) is 11.4 Å². The van der Waals surface area contributed by atoms with E-state index < -0.39 is 5.24 Å². The Bertz CT molecular complexity index is 1360. The predicted molar refractivity (Wildman–Crippen MR) is 153 cm³/mol. The number of halogens is 7. The summed E-state index contributed by atoms with van der Waals surface area (Å²) in [6, 6.07) is 14.0. The van der Waals surface area contributed by atoms with E-state index in [2.05, 4.69) is 10.2 Å². The van der Waals surface area contributed by atoms with Crippen molar-refractivity contribution in [2.75, 3.05) is 17.5 Å². The van der Waals surface area contributed by atoms with Gasteiger partial charge in [0.1, 0.15) is 5.82 Å². The molecule has 2 aromatic carbocycles. The highest BCUT2D eigenvalue weighted by Gasteiger charge is 2.07. The van der Waals surface area contributed by atoms with Crippen LogP contribution in [-0.2, 0) is 16.0 Å². The van der Waals surface area contributed by atoms with Crippen LogP contribution in [-0.4, -0.2) is 42.3 Å². The lowest BCUT2D eigenvalue weighted by Gasteiger charge is -2.02. The monoisotopic (exact) mass is 641 g/mol. The van der Waals surface area contributed by atoms with Crippen molar-refractivity contribution in [3.63, 3.8) is 0 Å². The number of hydrogen-bond acceptors (Lipinski definition) is 5. The van der Waals surface area contributed by atoms with Crippen molar-refractivity contribution in [2.24, 2.45) is 0 Å². The van der Waals surface area contributed by atoms with Crippen LogP contribution >= 0.6 is 81.2 Å². The summed E-state index contributed by atoms with van der Waals surface area (Å²) < 4.78 is 3.27. The average molecular weight is 645 g/mol. The van der Waals surface area contributed by atoms with Gasteiger partial charge in [0.15, 0.2) is 5.78 Å². The summed E-state index contributed by atoms with van der Waals surface area (Å²) in [5.41, 5.74) is 7.78. The van der Waals surface area contributed by atoms with Gasteiger partial charge in [-0.3, -0.25) is 9.59 Å². The Morgan fingerprint density at radius 2 is 1.22 bits per heavy atom. The van der Waals surface area contributed by atoms with Crippen LogP contribution in [0.15, 0.2) is 60.9 Å². The number of anilines is 1. The Kier molecular flexibility index (Phi) is 13.0. The summed E-state index contributed by atoms with van der Waals surface area (Å²) in [5, 5.41) is 9.79. The van der Waals surface area contributed by atoms with Crippen molar-refractivity contribution in [3.8, 4) is 11.4 Å². The van der Waals surface area contributed by atoms with Crippen LogP contribution in [0.3, 0.4) is 0 Å². The van der Waals surface area contributed by atoms with E-state index in [0.717, 1.165) is 11.4 Å². The molecule has 0 bridgehead atoms. The van der Waals surface area contributed by atoms with Crippen molar-refractivity contribution >= 4 is 98.1 Å². The molecule has 196 valence electrons. The number of nitrogens with two attached hydrogens (primary N) is 1. The second-order valence-electron chi connectivity index (χ2n) is 6.97. The number of aromatic nitrogens is 4. The molecule has 0 saturated heterocycles. The van der Waals surface area contributed by atoms with Gasteiger partial charge in [-0.25, -0.2) is 9.36 Å². The number of alkyl halides is 2. The average Bonchev–Trinajstić information content (AvgIpc) is 3.52. The minimum atomic E-state index is -0.508. The number of carbonyl (C=O) groups excluding carboxylic acids is 2. The first-order valence-electron chi connectivity index (χ1n) is 10.1. The fraction of sp³-hybridized carbons (Fsp3) is 0.130. The third-order valence-electron chi connectivity index (χ3n) is 4.22. The van der Waals surface area contributed by atoms with Gasteiger partial charge in [-0.15, -0.1) is 23.2 Å². The molecule has 2 heterocycles. The fourth-order valence-corrected chi connectivity index (χ4v) is 3.27. The molecule has 0 aliphatic heterocycles. The maximum Gasteiger partial charge on any atom is 0.236 e. The first-order valence-corrected chi connectivity index (χ1v) is 13.1. The van der Waals surface area contributed by atoms with E-state index in [0.29, 0.717) is 31.6 Å². The van der Waals surface area contributed by atoms with Crippen LogP contribution in [0.2, 0.25) is 20.1 Å². The van der Waals surface area contributed by atoms with Gasteiger partial charge in [0.25, 0.3) is 0 Å². The van der Waals surface area contributed by atoms with Gasteiger partial charge in [0.05, 0.1) is 55.3 Å². The van der Waals surface area contributed by atoms with Crippen LogP contribution in [0.1, 0.15) is 5.69 Å². The van der Waals surface area contributed by atoms with Gasteiger partial charge in [0.2, 0.25) is 5.24 Å². The van der Waals surface area contributed by atoms with E-state index in [4.69, 9.17) is 86.9 Å². The molecule has 4 rings (SSSR count). The Balaban J connectivity index is 0.000000225. The number of nitrogen functional groups attached to an aromatic ring is 1. The zero-order valence-electron chi connectivity index (χ0n) is 18.7. The lowest BCUT2D eigenvalue weighted by Crippen LogP contribution is -2.05. The van der Waals surface area contributed by atoms with E-state index in [1.807, 2.05) is 6.07 Å². The summed E-state index contributed by atoms with van der Waals surface area (Å²) in [5.74, 6) is 0.313. The predicted octanol–water partition coefficient (Wildman–Crippen LogP) is 7.28. The largest absolute Gasteiger partial charge is 0.382 e. The summed E-state index contributed by atoms with van der Waals surface area (Å²) in [6.45, 7) is 0. The topological polar surface area (TPSA) is 95.8 Å². The summed E-state index contributed by atoms with van der Waals surface area (Å²) >= 11 is 38.4. The molecule has 0 spiro atoms. The highest BCUT2D eigenvalue weighted by molar-refractivity contribution is 6.67. The summed E-state index contributed by atoms with van der Waals surface area (Å²) in [4.78, 5) is 20.7. The lowest BCUT2D eigenvalue weighted by molar-refractivity contribution is -0.116. The fourth-order valence-electron chi connectivity index (χ4n) is 2.59. The zero-order valence-corrected chi connectivity index (χ0v) is 24.0. The summed E-state index contributed by atoms with van der Waals surface area (Å²) in [6.07, 6.45) is 3.75. The molecule has 37 heavy (non-hydrogen) atoms. The van der Waals surface area contributed by atoms with E-state index in [9.17, 15) is 9.59 Å². The van der Waals surface area contributed by atoms with Gasteiger partial charge in [-0.1, -0.05) is 46.4 Å². The zero-order chi connectivity index (χ0) is 27.5. The van der Waals surface area contributed by atoms with Gasteiger partial charge < -0.3 is 5.73 Å². The molecule has 0 radical (unpaired) electrons. The lowest BCUT2D eigenvalue weighted by atomic mass is 10.2. The molecular weight excluding hydrogens is 626 g/mol. The normalized spacial score (nSPS) is 10.1. The Morgan fingerprint density at radius 1 is 0.730 bits per heavy atom. The third kappa shape index (κ3) is 10.4. The van der Waals surface area contributed by atoms with Crippen molar-refractivity contribution in [3.05, 3.63) is 86.7 Å². The van der Waals surface area contributed by atoms with Crippen molar-refractivity contribution in [1.82, 2.24) is 19.6 Å². The van der Waals surface area contributed by atoms with Gasteiger partial charge in [-0.2, -0.15) is 10.2 Å². The quantitative estimate of drug-likeness (QED) is 0.176.